The Morgan fingerprint density at radius 2 is 2.09 bits per heavy atom. The highest BCUT2D eigenvalue weighted by Gasteiger charge is 2.63. The molecule has 176 valence electrons. The first-order chi connectivity index (χ1) is 15.6. The molecule has 0 aliphatic carbocycles. The Morgan fingerprint density at radius 3 is 2.64 bits per heavy atom. The molecule has 12 heteroatoms. The Kier molecular flexibility index (Phi) is 7.28. The molecule has 0 saturated carbocycles. The zero-order valence-electron chi connectivity index (χ0n) is 17.9. The molecule has 1 fully saturated rings. The number of nitro groups is 1. The van der Waals surface area contributed by atoms with Crippen molar-refractivity contribution in [3.63, 3.8) is 0 Å². The normalized spacial score (nSPS) is 24.1. The second kappa shape index (κ2) is 9.79. The summed E-state index contributed by atoms with van der Waals surface area (Å²) in [4.78, 5) is 52.6. The van der Waals surface area contributed by atoms with Gasteiger partial charge in [0.15, 0.2) is 0 Å². The van der Waals surface area contributed by atoms with Gasteiger partial charge in [-0.3, -0.25) is 24.7 Å². The Bertz CT molecular complexity index is 1050. The lowest BCUT2D eigenvalue weighted by atomic mass is 10.0. The highest BCUT2D eigenvalue weighted by Crippen LogP contribution is 2.71. The molecule has 1 saturated heterocycles. The minimum atomic E-state index is -2.89. The van der Waals surface area contributed by atoms with Gasteiger partial charge < -0.3 is 15.2 Å². The van der Waals surface area contributed by atoms with Crippen molar-refractivity contribution in [2.24, 2.45) is 0 Å². The van der Waals surface area contributed by atoms with E-state index in [1.165, 1.54) is 36.3 Å². The molecule has 3 atom stereocenters. The summed E-state index contributed by atoms with van der Waals surface area (Å²) in [7, 11) is -2.89. The minimum Gasteiger partial charge on any atom is -0.480 e. The number of benzene rings is 1. The van der Waals surface area contributed by atoms with Gasteiger partial charge in [0.25, 0.3) is 6.47 Å². The van der Waals surface area contributed by atoms with Gasteiger partial charge in [0.1, 0.15) is 17.0 Å². The van der Waals surface area contributed by atoms with E-state index < -0.39 is 38.1 Å². The van der Waals surface area contributed by atoms with Gasteiger partial charge in [-0.05, 0) is 43.7 Å². The van der Waals surface area contributed by atoms with Crippen LogP contribution in [0.5, 0.6) is 5.75 Å². The molecular formula is C21H23N3O7S2. The van der Waals surface area contributed by atoms with Crippen molar-refractivity contribution in [3.8, 4) is 5.75 Å². The zero-order valence-corrected chi connectivity index (χ0v) is 19.5. The van der Waals surface area contributed by atoms with Crippen molar-refractivity contribution in [2.45, 2.75) is 41.2 Å². The molecule has 3 rings (SSSR count). The van der Waals surface area contributed by atoms with Gasteiger partial charge in [-0.1, -0.05) is 12.1 Å². The van der Waals surface area contributed by atoms with Crippen molar-refractivity contribution in [2.75, 3.05) is 5.08 Å². The number of hydrogen-bond donors (Lipinski definition) is 2. The van der Waals surface area contributed by atoms with Gasteiger partial charge in [0.05, 0.1) is 24.5 Å². The van der Waals surface area contributed by atoms with E-state index in [9.17, 15) is 29.6 Å². The number of nitrogens with one attached hydrogen (secondary N) is 1. The van der Waals surface area contributed by atoms with Crippen LogP contribution in [0, 0.1) is 10.1 Å². The molecule has 2 heterocycles. The first-order valence-electron chi connectivity index (χ1n) is 9.82. The first-order valence-corrected chi connectivity index (χ1v) is 12.6. The number of rotatable bonds is 9. The highest BCUT2D eigenvalue weighted by molar-refractivity contribution is 8.39. The van der Waals surface area contributed by atoms with Gasteiger partial charge in [0, 0.05) is 23.6 Å². The van der Waals surface area contributed by atoms with Crippen LogP contribution in [0.1, 0.15) is 19.4 Å². The summed E-state index contributed by atoms with van der Waals surface area (Å²) in [5, 5.41) is 23.7. The fourth-order valence-corrected chi connectivity index (χ4v) is 10.6. The number of aromatic nitrogens is 1. The fourth-order valence-electron chi connectivity index (χ4n) is 3.77. The number of carbonyl (C=O) groups is 3. The lowest BCUT2D eigenvalue weighted by Crippen LogP contribution is -2.52. The largest absolute Gasteiger partial charge is 0.480 e. The Hall–Kier alpha value is -3.12. The molecular weight excluding hydrogens is 470 g/mol. The lowest BCUT2D eigenvalue weighted by Gasteiger charge is -2.35. The predicted octanol–water partition coefficient (Wildman–Crippen LogP) is 2.64. The monoisotopic (exact) mass is 493 g/mol. The standard InChI is InChI=1S/C21H23N3O7S2/c1-21(2)18(33(13-32-21,24(29)30)16-4-3-9-22-11-16)19(26)23-17(20(27)28)10-14-5-7-15(8-6-14)31-12-25/h3-9,11-12,17-18H,10,13H2,1-2H3,(H,23,26)(H,27,28)/t17?,18-/m1/s1. The van der Waals surface area contributed by atoms with Crippen LogP contribution in [0.2, 0.25) is 0 Å². The van der Waals surface area contributed by atoms with Crippen LogP contribution in [0.3, 0.4) is 0 Å². The summed E-state index contributed by atoms with van der Waals surface area (Å²) in [6.45, 7) is 3.80. The summed E-state index contributed by atoms with van der Waals surface area (Å²) in [6.07, 6.45) is 2.87. The number of hydrogen-bond acceptors (Lipinski definition) is 8. The van der Waals surface area contributed by atoms with Gasteiger partial charge in [-0.2, -0.15) is 0 Å². The number of pyridine rings is 1. The SMILES string of the molecule is CC1(C)SCS(c2cccnc2)([N+](=O)[O-])[C@@H]1C(=O)NC(Cc1ccc(OC=O)cc1)C(=O)O. The smallest absolute Gasteiger partial charge is 0.326 e. The van der Waals surface area contributed by atoms with E-state index in [0.29, 0.717) is 16.2 Å². The van der Waals surface area contributed by atoms with Crippen LogP contribution in [-0.2, 0) is 20.8 Å². The third-order valence-electron chi connectivity index (χ3n) is 5.34. The molecule has 2 aromatic rings. The summed E-state index contributed by atoms with van der Waals surface area (Å²) < 4.78 is 3.55. The van der Waals surface area contributed by atoms with E-state index >= 15 is 0 Å². The zero-order chi connectivity index (χ0) is 24.2. The number of aliphatic carboxylic acids is 1. The van der Waals surface area contributed by atoms with Gasteiger partial charge >= 0.3 is 5.97 Å². The van der Waals surface area contributed by atoms with Crippen LogP contribution in [0.25, 0.3) is 0 Å². The van der Waals surface area contributed by atoms with Crippen LogP contribution in [-0.4, -0.2) is 53.9 Å². The molecule has 1 aromatic carbocycles. The van der Waals surface area contributed by atoms with Crippen LogP contribution in [0.15, 0.2) is 53.7 Å². The molecule has 2 unspecified atom stereocenters. The number of carboxylic acid groups (broad SMARTS) is 1. The van der Waals surface area contributed by atoms with E-state index in [-0.39, 0.29) is 22.3 Å². The van der Waals surface area contributed by atoms with E-state index in [2.05, 4.69) is 10.3 Å². The Labute approximate surface area is 195 Å². The maximum atomic E-state index is 13.4. The number of carboxylic acids is 1. The second-order valence-corrected chi connectivity index (χ2v) is 12.9. The molecule has 1 aliphatic heterocycles. The van der Waals surface area contributed by atoms with Crippen molar-refractivity contribution in [1.82, 2.24) is 10.3 Å². The van der Waals surface area contributed by atoms with Crippen molar-refractivity contribution in [3.05, 3.63) is 64.5 Å². The predicted molar refractivity (Wildman–Crippen MR) is 124 cm³/mol. The average molecular weight is 494 g/mol. The van der Waals surface area contributed by atoms with Gasteiger partial charge in [-0.25, -0.2) is 4.79 Å². The maximum absolute atomic E-state index is 13.4. The topological polar surface area (TPSA) is 149 Å². The van der Waals surface area contributed by atoms with Gasteiger partial charge in [-0.15, -0.1) is 11.8 Å². The van der Waals surface area contributed by atoms with E-state index in [4.69, 9.17) is 4.74 Å². The molecule has 0 spiro atoms. The van der Waals surface area contributed by atoms with Crippen molar-refractivity contribution < 1.29 is 28.6 Å². The minimum absolute atomic E-state index is 0.0452. The number of nitrogens with zero attached hydrogens (tertiary/aromatic N) is 2. The van der Waals surface area contributed by atoms with Gasteiger partial charge in [0.2, 0.25) is 5.91 Å². The van der Waals surface area contributed by atoms with E-state index in [1.54, 1.807) is 38.1 Å². The molecule has 0 radical (unpaired) electrons. The summed E-state index contributed by atoms with van der Waals surface area (Å²) in [5.41, 5.74) is 0.584. The number of ether oxygens (including phenoxy) is 1. The number of amides is 1. The lowest BCUT2D eigenvalue weighted by molar-refractivity contribution is -0.297. The number of thioether (sulfide) groups is 1. The number of carbonyl (C=O) groups excluding carboxylic acids is 2. The third kappa shape index (κ3) is 4.96. The summed E-state index contributed by atoms with van der Waals surface area (Å²) in [5.74, 6) is -1.64. The Morgan fingerprint density at radius 1 is 1.39 bits per heavy atom. The molecule has 2 N–H and O–H groups in total. The first kappa shape index (κ1) is 24.5. The second-order valence-electron chi connectivity index (χ2n) is 7.87. The van der Waals surface area contributed by atoms with Crippen LogP contribution >= 0.6 is 22.0 Å². The molecule has 1 amide bonds. The fraction of sp³-hybridized carbons (Fsp3) is 0.333. The molecule has 1 aromatic heterocycles. The average Bonchev–Trinajstić information content (AvgIpc) is 3.07. The summed E-state index contributed by atoms with van der Waals surface area (Å²) in [6, 6.07) is 8.07. The Balaban J connectivity index is 1.90. The third-order valence-corrected chi connectivity index (χ3v) is 11.6. The van der Waals surface area contributed by atoms with E-state index in [0.717, 1.165) is 0 Å². The van der Waals surface area contributed by atoms with Crippen LogP contribution in [0.4, 0.5) is 0 Å². The maximum Gasteiger partial charge on any atom is 0.326 e. The molecule has 1 aliphatic rings. The quantitative estimate of drug-likeness (QED) is 0.305. The summed E-state index contributed by atoms with van der Waals surface area (Å²) >= 11 is 1.33. The molecule has 0 bridgehead atoms. The van der Waals surface area contributed by atoms with Crippen molar-refractivity contribution in [1.29, 1.82) is 0 Å². The van der Waals surface area contributed by atoms with Crippen LogP contribution < -0.4 is 10.1 Å². The van der Waals surface area contributed by atoms with Crippen molar-refractivity contribution >= 4 is 40.3 Å². The molecule has 33 heavy (non-hydrogen) atoms. The van der Waals surface area contributed by atoms with E-state index in [1.807, 2.05) is 0 Å². The highest BCUT2D eigenvalue weighted by atomic mass is 32.3. The molecule has 10 nitrogen and oxygen atoms in total.